The average Bonchev–Trinajstić information content (AvgIpc) is 3.40. The topological polar surface area (TPSA) is 95.8 Å². The number of amides is 2. The first-order valence-electron chi connectivity index (χ1n) is 8.55. The van der Waals surface area contributed by atoms with Crippen molar-refractivity contribution in [2.24, 2.45) is 0 Å². The lowest BCUT2D eigenvalue weighted by molar-refractivity contribution is -0.384. The number of anilines is 1. The van der Waals surface area contributed by atoms with Crippen LogP contribution < -0.4 is 5.32 Å². The van der Waals surface area contributed by atoms with E-state index >= 15 is 0 Å². The highest BCUT2D eigenvalue weighted by Gasteiger charge is 2.27. The molecule has 1 aliphatic carbocycles. The van der Waals surface area contributed by atoms with Gasteiger partial charge in [0.2, 0.25) is 5.91 Å². The van der Waals surface area contributed by atoms with Crippen molar-refractivity contribution in [1.82, 2.24) is 9.80 Å². The van der Waals surface area contributed by atoms with Gasteiger partial charge in [0.1, 0.15) is 5.69 Å². The zero-order valence-corrected chi connectivity index (χ0v) is 14.2. The molecule has 134 valence electrons. The van der Waals surface area contributed by atoms with Crippen LogP contribution >= 0.6 is 0 Å². The van der Waals surface area contributed by atoms with Crippen molar-refractivity contribution in [2.45, 2.75) is 32.2 Å². The van der Waals surface area contributed by atoms with Gasteiger partial charge in [-0.15, -0.1) is 0 Å². The third-order valence-electron chi connectivity index (χ3n) is 4.61. The second-order valence-corrected chi connectivity index (χ2v) is 6.56. The predicted molar refractivity (Wildman–Crippen MR) is 92.5 cm³/mol. The van der Waals surface area contributed by atoms with Crippen molar-refractivity contribution in [1.29, 1.82) is 0 Å². The lowest BCUT2D eigenvalue weighted by atomic mass is 10.1. The van der Waals surface area contributed by atoms with E-state index in [0.29, 0.717) is 49.9 Å². The zero-order valence-electron chi connectivity index (χ0n) is 14.2. The van der Waals surface area contributed by atoms with Gasteiger partial charge in [0.15, 0.2) is 0 Å². The van der Waals surface area contributed by atoms with Gasteiger partial charge >= 0.3 is 0 Å². The smallest absolute Gasteiger partial charge is 0.293 e. The Morgan fingerprint density at radius 1 is 1.16 bits per heavy atom. The van der Waals surface area contributed by atoms with Crippen LogP contribution in [0.5, 0.6) is 0 Å². The summed E-state index contributed by atoms with van der Waals surface area (Å²) in [6.45, 7) is 3.62. The molecule has 1 saturated heterocycles. The molecular weight excluding hydrogens is 324 g/mol. The molecule has 1 saturated carbocycles. The van der Waals surface area contributed by atoms with Crippen LogP contribution in [0.3, 0.4) is 0 Å². The second kappa shape index (κ2) is 7.08. The molecule has 1 heterocycles. The molecule has 0 radical (unpaired) electrons. The Kier molecular flexibility index (Phi) is 4.87. The Morgan fingerprint density at radius 3 is 2.48 bits per heavy atom. The number of nitrogens with one attached hydrogen (secondary N) is 1. The van der Waals surface area contributed by atoms with Crippen molar-refractivity contribution < 1.29 is 14.5 Å². The minimum atomic E-state index is -0.457. The Morgan fingerprint density at radius 2 is 1.84 bits per heavy atom. The highest BCUT2D eigenvalue weighted by Crippen LogP contribution is 2.31. The van der Waals surface area contributed by atoms with Gasteiger partial charge in [0, 0.05) is 50.8 Å². The Balaban J connectivity index is 1.76. The predicted octanol–water partition coefficient (Wildman–Crippen LogP) is 1.86. The van der Waals surface area contributed by atoms with E-state index in [1.54, 1.807) is 21.9 Å². The van der Waals surface area contributed by atoms with Crippen LogP contribution in [0.25, 0.3) is 0 Å². The monoisotopic (exact) mass is 346 g/mol. The average molecular weight is 346 g/mol. The van der Waals surface area contributed by atoms with Gasteiger partial charge in [-0.2, -0.15) is 0 Å². The summed E-state index contributed by atoms with van der Waals surface area (Å²) in [6, 6.07) is 4.89. The quantitative estimate of drug-likeness (QED) is 0.663. The van der Waals surface area contributed by atoms with E-state index in [-0.39, 0.29) is 17.5 Å². The van der Waals surface area contributed by atoms with Gasteiger partial charge < -0.3 is 15.1 Å². The molecule has 1 aromatic carbocycles. The molecular formula is C17H22N4O4. The van der Waals surface area contributed by atoms with Gasteiger partial charge in [-0.1, -0.05) is 0 Å². The molecule has 0 aromatic heterocycles. The molecule has 0 spiro atoms. The molecule has 8 heteroatoms. The third-order valence-corrected chi connectivity index (χ3v) is 4.61. The number of nitro benzene ring substituents is 1. The first kappa shape index (κ1) is 17.2. The van der Waals surface area contributed by atoms with Gasteiger partial charge in [0.25, 0.3) is 11.6 Å². The summed E-state index contributed by atoms with van der Waals surface area (Å²) in [5, 5.41) is 14.5. The molecule has 0 bridgehead atoms. The number of rotatable bonds is 4. The van der Waals surface area contributed by atoms with Crippen molar-refractivity contribution in [2.75, 3.05) is 31.5 Å². The van der Waals surface area contributed by atoms with Gasteiger partial charge in [-0.25, -0.2) is 0 Å². The van der Waals surface area contributed by atoms with Crippen LogP contribution in [-0.4, -0.2) is 58.8 Å². The maximum Gasteiger partial charge on any atom is 0.293 e. The fourth-order valence-corrected chi connectivity index (χ4v) is 3.00. The second-order valence-electron chi connectivity index (χ2n) is 6.56. The summed E-state index contributed by atoms with van der Waals surface area (Å²) >= 11 is 0. The van der Waals surface area contributed by atoms with E-state index in [9.17, 15) is 19.7 Å². The van der Waals surface area contributed by atoms with E-state index < -0.39 is 4.92 Å². The summed E-state index contributed by atoms with van der Waals surface area (Å²) in [5.41, 5.74) is 0.699. The zero-order chi connectivity index (χ0) is 18.0. The highest BCUT2D eigenvalue weighted by atomic mass is 16.6. The molecule has 2 fully saturated rings. The minimum absolute atomic E-state index is 0.000407. The number of carbonyl (C=O) groups excluding carboxylic acids is 2. The van der Waals surface area contributed by atoms with Gasteiger partial charge in [0.05, 0.1) is 4.92 Å². The lowest BCUT2D eigenvalue weighted by Crippen LogP contribution is -2.36. The fraction of sp³-hybridized carbons (Fsp3) is 0.529. The lowest BCUT2D eigenvalue weighted by Gasteiger charge is -2.21. The number of hydrogen-bond acceptors (Lipinski definition) is 5. The Labute approximate surface area is 145 Å². The molecule has 1 aromatic rings. The maximum absolute atomic E-state index is 12.7. The molecule has 2 amide bonds. The maximum atomic E-state index is 12.7. The number of hydrogen-bond donors (Lipinski definition) is 1. The summed E-state index contributed by atoms with van der Waals surface area (Å²) in [5.74, 6) is -0.230. The van der Waals surface area contributed by atoms with Crippen LogP contribution in [0.15, 0.2) is 18.2 Å². The number of carbonyl (C=O) groups is 2. The van der Waals surface area contributed by atoms with Crippen LogP contribution in [-0.2, 0) is 4.79 Å². The summed E-state index contributed by atoms with van der Waals surface area (Å²) in [4.78, 5) is 38.5. The van der Waals surface area contributed by atoms with Crippen molar-refractivity contribution in [3.8, 4) is 0 Å². The molecule has 25 heavy (non-hydrogen) atoms. The molecule has 8 nitrogen and oxygen atoms in total. The van der Waals surface area contributed by atoms with Crippen LogP contribution in [0.4, 0.5) is 11.4 Å². The van der Waals surface area contributed by atoms with E-state index in [4.69, 9.17) is 0 Å². The van der Waals surface area contributed by atoms with Crippen LogP contribution in [0, 0.1) is 10.1 Å². The minimum Gasteiger partial charge on any atom is -0.377 e. The van der Waals surface area contributed by atoms with E-state index in [1.807, 2.05) is 0 Å². The van der Waals surface area contributed by atoms with Crippen LogP contribution in [0.1, 0.15) is 36.5 Å². The van der Waals surface area contributed by atoms with Crippen molar-refractivity contribution >= 4 is 23.2 Å². The van der Waals surface area contributed by atoms with Crippen molar-refractivity contribution in [3.63, 3.8) is 0 Å². The van der Waals surface area contributed by atoms with E-state index in [2.05, 4.69) is 5.32 Å². The Hall–Kier alpha value is -2.64. The first-order chi connectivity index (χ1) is 12.0. The van der Waals surface area contributed by atoms with Gasteiger partial charge in [-0.3, -0.25) is 19.7 Å². The number of nitrogens with zero attached hydrogens (tertiary/aromatic N) is 3. The Bertz CT molecular complexity index is 702. The summed E-state index contributed by atoms with van der Waals surface area (Å²) < 4.78 is 0. The molecule has 0 atom stereocenters. The number of benzene rings is 1. The fourth-order valence-electron chi connectivity index (χ4n) is 3.00. The van der Waals surface area contributed by atoms with Crippen molar-refractivity contribution in [3.05, 3.63) is 33.9 Å². The highest BCUT2D eigenvalue weighted by molar-refractivity contribution is 5.96. The summed E-state index contributed by atoms with van der Waals surface area (Å²) in [7, 11) is 0. The molecule has 2 aliphatic rings. The molecule has 1 N–H and O–H groups in total. The molecule has 3 rings (SSSR count). The largest absolute Gasteiger partial charge is 0.377 e. The molecule has 0 unspecified atom stereocenters. The first-order valence-corrected chi connectivity index (χ1v) is 8.55. The van der Waals surface area contributed by atoms with E-state index in [0.717, 1.165) is 12.8 Å². The normalized spacial score (nSPS) is 17.8. The number of nitro groups is 1. The SMILES string of the molecule is CC(=O)N1CCCN(C(=O)c2ccc(NC3CC3)c([N+](=O)[O-])c2)CC1. The summed E-state index contributed by atoms with van der Waals surface area (Å²) in [6.07, 6.45) is 2.73. The van der Waals surface area contributed by atoms with Crippen LogP contribution in [0.2, 0.25) is 0 Å². The molecule has 1 aliphatic heterocycles. The third kappa shape index (κ3) is 4.07. The standard InChI is InChI=1S/C17H22N4O4/c1-12(22)19-7-2-8-20(10-9-19)17(23)13-3-6-15(18-14-4-5-14)16(11-13)21(24)25/h3,6,11,14,18H,2,4-5,7-10H2,1H3. The van der Waals surface area contributed by atoms with Gasteiger partial charge in [-0.05, 0) is 31.4 Å². The van der Waals surface area contributed by atoms with E-state index in [1.165, 1.54) is 13.0 Å².